The molecule has 0 aliphatic heterocycles. The van der Waals surface area contributed by atoms with Gasteiger partial charge in [-0.15, -0.1) is 0 Å². The summed E-state index contributed by atoms with van der Waals surface area (Å²) in [6.45, 7) is 0. The van der Waals surface area contributed by atoms with Gasteiger partial charge in [0, 0.05) is 48.5 Å². The van der Waals surface area contributed by atoms with Crippen LogP contribution in [0.25, 0.3) is 0 Å². The van der Waals surface area contributed by atoms with Crippen LogP contribution in [0.3, 0.4) is 0 Å². The first kappa shape index (κ1) is 25.5. The maximum atomic E-state index is 2.89. The van der Waals surface area contributed by atoms with Crippen molar-refractivity contribution in [2.45, 2.75) is 0 Å². The molecule has 0 bridgehead atoms. The van der Waals surface area contributed by atoms with E-state index in [0.29, 0.717) is 0 Å². The molecule has 4 rings (SSSR count). The van der Waals surface area contributed by atoms with Crippen LogP contribution in [0.5, 0.6) is 0 Å². The maximum Gasteiger partial charge on any atom is 0.166 e. The molecular weight excluding hydrogens is 360 g/mol. The molecule has 0 aliphatic rings. The van der Waals surface area contributed by atoms with Crippen LogP contribution >= 0.6 is 0 Å². The minimum atomic E-state index is 0. The lowest BCUT2D eigenvalue weighted by atomic mass is 10.5. The highest BCUT2D eigenvalue weighted by atomic mass is 32.1. The Morgan fingerprint density at radius 2 is 0.385 bits per heavy atom. The molecule has 0 aliphatic carbocycles. The number of hydrogen-bond donors (Lipinski definition) is 0. The summed E-state index contributed by atoms with van der Waals surface area (Å²) in [4.78, 5) is 11.6. The SMILES string of the molecule is [S-2].[S-2].c1cc[nH+]cc1.c1cc[nH+]cc1.c1cc[nH+]cc1.c1cc[nH+]cc1. The van der Waals surface area contributed by atoms with E-state index in [1.807, 2.05) is 122 Å². The van der Waals surface area contributed by atoms with Crippen LogP contribution in [0.1, 0.15) is 0 Å². The predicted octanol–water partition coefficient (Wildman–Crippen LogP) is 2.00. The van der Waals surface area contributed by atoms with Crippen LogP contribution < -0.4 is 19.9 Å². The summed E-state index contributed by atoms with van der Waals surface area (Å²) in [7, 11) is 0. The van der Waals surface area contributed by atoms with Crippen LogP contribution in [0.2, 0.25) is 0 Å². The van der Waals surface area contributed by atoms with Crippen molar-refractivity contribution in [3.05, 3.63) is 122 Å². The highest BCUT2D eigenvalue weighted by Gasteiger charge is 1.67. The molecule has 0 fully saturated rings. The van der Waals surface area contributed by atoms with Gasteiger partial charge in [0.15, 0.2) is 49.6 Å². The Hall–Kier alpha value is -2.70. The van der Waals surface area contributed by atoms with Gasteiger partial charge < -0.3 is 27.0 Å². The molecule has 0 saturated heterocycles. The second-order valence-corrected chi connectivity index (χ2v) is 4.31. The topological polar surface area (TPSA) is 56.6 Å². The Balaban J connectivity index is 0. The van der Waals surface area contributed by atoms with Crippen LogP contribution in [0.15, 0.2) is 122 Å². The van der Waals surface area contributed by atoms with Gasteiger partial charge in [0.2, 0.25) is 0 Å². The molecule has 0 unspecified atom stereocenters. The number of H-pyrrole nitrogens is 4. The zero-order valence-electron chi connectivity index (χ0n) is 14.4. The van der Waals surface area contributed by atoms with E-state index in [-0.39, 0.29) is 27.0 Å². The molecular formula is C20H24N4S2. The molecule has 4 N–H and O–H groups in total. The Bertz CT molecular complexity index is 440. The zero-order valence-corrected chi connectivity index (χ0v) is 16.0. The molecule has 0 saturated carbocycles. The summed E-state index contributed by atoms with van der Waals surface area (Å²) in [5, 5.41) is 0. The largest absolute Gasteiger partial charge is 2.00 e. The summed E-state index contributed by atoms with van der Waals surface area (Å²) in [5.41, 5.74) is 0. The van der Waals surface area contributed by atoms with Gasteiger partial charge in [-0.05, 0) is 0 Å². The van der Waals surface area contributed by atoms with Crippen molar-refractivity contribution >= 4 is 27.0 Å². The summed E-state index contributed by atoms with van der Waals surface area (Å²) < 4.78 is 0. The fraction of sp³-hybridized carbons (Fsp3) is 0. The van der Waals surface area contributed by atoms with E-state index in [9.17, 15) is 0 Å². The average molecular weight is 385 g/mol. The standard InChI is InChI=1S/4C5H5N.2S/c4*1-2-4-6-5-3-1;;/h4*1-5H;;/q;;;;2*-2/p+4. The van der Waals surface area contributed by atoms with Gasteiger partial charge in [-0.25, -0.2) is 19.9 Å². The van der Waals surface area contributed by atoms with Gasteiger partial charge in [-0.1, -0.05) is 24.3 Å². The van der Waals surface area contributed by atoms with Gasteiger partial charge in [0.05, 0.1) is 0 Å². The second-order valence-electron chi connectivity index (χ2n) is 4.31. The maximum absolute atomic E-state index is 2.89. The third-order valence-electron chi connectivity index (χ3n) is 2.43. The van der Waals surface area contributed by atoms with Crippen LogP contribution in [0.4, 0.5) is 0 Å². The highest BCUT2D eigenvalue weighted by Crippen LogP contribution is 1.70. The highest BCUT2D eigenvalue weighted by molar-refractivity contribution is 7.37. The third-order valence-corrected chi connectivity index (χ3v) is 2.43. The molecule has 4 aromatic heterocycles. The van der Waals surface area contributed by atoms with E-state index in [4.69, 9.17) is 0 Å². The lowest BCUT2D eigenvalue weighted by Crippen LogP contribution is -1.93. The first-order valence-corrected chi connectivity index (χ1v) is 7.64. The van der Waals surface area contributed by atoms with Gasteiger partial charge in [-0.2, -0.15) is 0 Å². The van der Waals surface area contributed by atoms with E-state index < -0.39 is 0 Å². The molecule has 0 amide bonds. The number of aromatic amines is 4. The predicted molar refractivity (Wildman–Crippen MR) is 107 cm³/mol. The van der Waals surface area contributed by atoms with E-state index in [1.54, 1.807) is 0 Å². The zero-order chi connectivity index (χ0) is 17.0. The normalized spacial score (nSPS) is 7.38. The van der Waals surface area contributed by atoms with Crippen molar-refractivity contribution < 1.29 is 19.9 Å². The van der Waals surface area contributed by atoms with Crippen molar-refractivity contribution in [2.24, 2.45) is 0 Å². The number of aromatic nitrogens is 4. The van der Waals surface area contributed by atoms with E-state index >= 15 is 0 Å². The second kappa shape index (κ2) is 22.3. The van der Waals surface area contributed by atoms with Crippen molar-refractivity contribution in [2.75, 3.05) is 0 Å². The number of nitrogens with one attached hydrogen (secondary N) is 4. The van der Waals surface area contributed by atoms with Crippen LogP contribution in [0, 0.1) is 0 Å². The van der Waals surface area contributed by atoms with E-state index in [2.05, 4.69) is 19.9 Å². The molecule has 0 radical (unpaired) electrons. The summed E-state index contributed by atoms with van der Waals surface area (Å²) in [6, 6.07) is 23.4. The van der Waals surface area contributed by atoms with Gasteiger partial charge >= 0.3 is 0 Å². The average Bonchev–Trinajstić information content (AvgIpc) is 2.75. The lowest BCUT2D eigenvalue weighted by Gasteiger charge is -2.00. The quantitative estimate of drug-likeness (QED) is 0.445. The first-order valence-electron chi connectivity index (χ1n) is 7.64. The van der Waals surface area contributed by atoms with Gasteiger partial charge in [0.1, 0.15) is 0 Å². The minimum Gasteiger partial charge on any atom is -2.00 e. The molecule has 4 aromatic rings. The van der Waals surface area contributed by atoms with Gasteiger partial charge in [-0.3, -0.25) is 0 Å². The molecule has 4 heterocycles. The van der Waals surface area contributed by atoms with Crippen molar-refractivity contribution in [1.82, 2.24) is 0 Å². The third kappa shape index (κ3) is 19.3. The number of rotatable bonds is 0. The lowest BCUT2D eigenvalue weighted by molar-refractivity contribution is -0.378. The van der Waals surface area contributed by atoms with Crippen molar-refractivity contribution in [1.29, 1.82) is 0 Å². The van der Waals surface area contributed by atoms with Crippen LogP contribution in [-0.4, -0.2) is 0 Å². The Morgan fingerprint density at radius 3 is 0.423 bits per heavy atom. The fourth-order valence-corrected chi connectivity index (χ4v) is 1.37. The molecule has 0 spiro atoms. The number of pyridine rings is 4. The Morgan fingerprint density at radius 1 is 0.231 bits per heavy atom. The Kier molecular flexibility index (Phi) is 21.9. The monoisotopic (exact) mass is 384 g/mol. The molecule has 6 heteroatoms. The smallest absolute Gasteiger partial charge is 0.166 e. The molecule has 0 atom stereocenters. The van der Waals surface area contributed by atoms with Crippen LogP contribution in [-0.2, 0) is 27.0 Å². The molecule has 26 heavy (non-hydrogen) atoms. The first-order chi connectivity index (χ1) is 12.0. The van der Waals surface area contributed by atoms with E-state index in [1.165, 1.54) is 0 Å². The van der Waals surface area contributed by atoms with Gasteiger partial charge in [0.25, 0.3) is 0 Å². The van der Waals surface area contributed by atoms with Crippen molar-refractivity contribution in [3.63, 3.8) is 0 Å². The Labute approximate surface area is 169 Å². The van der Waals surface area contributed by atoms with E-state index in [0.717, 1.165) is 0 Å². The summed E-state index contributed by atoms with van der Waals surface area (Å²) in [6.07, 6.45) is 15.0. The van der Waals surface area contributed by atoms with Crippen molar-refractivity contribution in [3.8, 4) is 0 Å². The minimum absolute atomic E-state index is 0. The molecule has 136 valence electrons. The molecule has 4 nitrogen and oxygen atoms in total. The molecule has 0 aromatic carbocycles. The summed E-state index contributed by atoms with van der Waals surface area (Å²) in [5.74, 6) is 0. The number of hydrogen-bond acceptors (Lipinski definition) is 0. The summed E-state index contributed by atoms with van der Waals surface area (Å²) >= 11 is 0. The fourth-order valence-electron chi connectivity index (χ4n) is 1.37.